The van der Waals surface area contributed by atoms with Crippen molar-refractivity contribution in [3.8, 4) is 0 Å². The van der Waals surface area contributed by atoms with Crippen LogP contribution in [0.1, 0.15) is 16.7 Å². The highest BCUT2D eigenvalue weighted by Gasteiger charge is 2.06. The SMILES string of the molecule is CCOC(=O)Cc1ccc(CF)s1. The van der Waals surface area contributed by atoms with Crippen LogP contribution in [0.3, 0.4) is 0 Å². The number of halogens is 1. The first-order valence-corrected chi connectivity index (χ1v) is 4.87. The van der Waals surface area contributed by atoms with Gasteiger partial charge in [0.25, 0.3) is 0 Å². The quantitative estimate of drug-likeness (QED) is 0.700. The zero-order valence-electron chi connectivity index (χ0n) is 7.38. The number of rotatable bonds is 4. The molecule has 0 aliphatic rings. The van der Waals surface area contributed by atoms with E-state index in [1.54, 1.807) is 19.1 Å². The molecule has 0 aliphatic heterocycles. The van der Waals surface area contributed by atoms with Crippen LogP contribution in [0.4, 0.5) is 4.39 Å². The van der Waals surface area contributed by atoms with Crippen LogP contribution in [-0.2, 0) is 22.6 Å². The molecule has 0 spiro atoms. The highest BCUT2D eigenvalue weighted by molar-refractivity contribution is 7.12. The molecule has 1 aromatic rings. The highest BCUT2D eigenvalue weighted by atomic mass is 32.1. The molecule has 0 saturated carbocycles. The van der Waals surface area contributed by atoms with Gasteiger partial charge in [-0.2, -0.15) is 0 Å². The van der Waals surface area contributed by atoms with Crippen molar-refractivity contribution in [1.82, 2.24) is 0 Å². The third-order valence-electron chi connectivity index (χ3n) is 1.47. The van der Waals surface area contributed by atoms with Crippen molar-refractivity contribution in [3.05, 3.63) is 21.9 Å². The molecule has 72 valence electrons. The number of ether oxygens (including phenoxy) is 1. The molecule has 0 aliphatic carbocycles. The smallest absolute Gasteiger partial charge is 0.311 e. The molecule has 13 heavy (non-hydrogen) atoms. The van der Waals surface area contributed by atoms with Crippen molar-refractivity contribution in [2.24, 2.45) is 0 Å². The fourth-order valence-corrected chi connectivity index (χ4v) is 1.80. The average molecular weight is 202 g/mol. The molecular formula is C9H11FO2S. The van der Waals surface area contributed by atoms with Gasteiger partial charge >= 0.3 is 5.97 Å². The van der Waals surface area contributed by atoms with Gasteiger partial charge in [0.05, 0.1) is 13.0 Å². The Labute approximate surface area is 80.3 Å². The molecule has 1 heterocycles. The number of alkyl halides is 1. The lowest BCUT2D eigenvalue weighted by atomic mass is 10.3. The van der Waals surface area contributed by atoms with Crippen LogP contribution < -0.4 is 0 Å². The van der Waals surface area contributed by atoms with Crippen LogP contribution in [0, 0.1) is 0 Å². The lowest BCUT2D eigenvalue weighted by Gasteiger charge is -1.98. The van der Waals surface area contributed by atoms with Gasteiger partial charge in [0, 0.05) is 9.75 Å². The number of hydrogen-bond acceptors (Lipinski definition) is 3. The lowest BCUT2D eigenvalue weighted by molar-refractivity contribution is -0.142. The second-order valence-corrected chi connectivity index (χ2v) is 3.74. The van der Waals surface area contributed by atoms with Crippen LogP contribution in [0.2, 0.25) is 0 Å². The number of hydrogen-bond donors (Lipinski definition) is 0. The standard InChI is InChI=1S/C9H11FO2S/c1-2-12-9(11)5-7-3-4-8(6-10)13-7/h3-4H,2,5-6H2,1H3. The van der Waals surface area contributed by atoms with E-state index >= 15 is 0 Å². The number of esters is 1. The summed E-state index contributed by atoms with van der Waals surface area (Å²) in [6, 6.07) is 3.45. The van der Waals surface area contributed by atoms with Crippen molar-refractivity contribution >= 4 is 17.3 Å². The molecule has 0 radical (unpaired) electrons. The Kier molecular flexibility index (Phi) is 3.89. The average Bonchev–Trinajstić information content (AvgIpc) is 2.52. The summed E-state index contributed by atoms with van der Waals surface area (Å²) in [5.74, 6) is -0.255. The van der Waals surface area contributed by atoms with E-state index in [1.165, 1.54) is 11.3 Å². The molecule has 0 aromatic carbocycles. The van der Waals surface area contributed by atoms with E-state index in [-0.39, 0.29) is 12.4 Å². The van der Waals surface area contributed by atoms with Crippen molar-refractivity contribution in [2.75, 3.05) is 6.61 Å². The van der Waals surface area contributed by atoms with E-state index in [9.17, 15) is 9.18 Å². The minimum absolute atomic E-state index is 0.249. The summed E-state index contributed by atoms with van der Waals surface area (Å²) in [5, 5.41) is 0. The van der Waals surface area contributed by atoms with Crippen molar-refractivity contribution in [3.63, 3.8) is 0 Å². The fourth-order valence-electron chi connectivity index (χ4n) is 0.943. The van der Waals surface area contributed by atoms with Gasteiger partial charge in [0.15, 0.2) is 0 Å². The Balaban J connectivity index is 2.49. The van der Waals surface area contributed by atoms with E-state index in [1.807, 2.05) is 0 Å². The highest BCUT2D eigenvalue weighted by Crippen LogP contribution is 2.18. The second-order valence-electron chi connectivity index (χ2n) is 2.48. The maximum Gasteiger partial charge on any atom is 0.311 e. The molecule has 0 N–H and O–H groups in total. The van der Waals surface area contributed by atoms with Crippen LogP contribution in [0.5, 0.6) is 0 Å². The lowest BCUT2D eigenvalue weighted by Crippen LogP contribution is -2.05. The van der Waals surface area contributed by atoms with Gasteiger partial charge in [0.2, 0.25) is 0 Å². The summed E-state index contributed by atoms with van der Waals surface area (Å²) in [7, 11) is 0. The Morgan fingerprint density at radius 1 is 1.54 bits per heavy atom. The molecule has 0 fully saturated rings. The predicted octanol–water partition coefficient (Wildman–Crippen LogP) is 2.32. The normalized spacial score (nSPS) is 10.0. The first-order chi connectivity index (χ1) is 6.26. The minimum Gasteiger partial charge on any atom is -0.466 e. The maximum absolute atomic E-state index is 12.1. The van der Waals surface area contributed by atoms with E-state index in [4.69, 9.17) is 4.74 Å². The molecule has 2 nitrogen and oxygen atoms in total. The molecule has 1 rings (SSSR count). The Morgan fingerprint density at radius 3 is 2.77 bits per heavy atom. The van der Waals surface area contributed by atoms with Crippen molar-refractivity contribution in [2.45, 2.75) is 20.0 Å². The van der Waals surface area contributed by atoms with E-state index in [0.717, 1.165) is 4.88 Å². The summed E-state index contributed by atoms with van der Waals surface area (Å²) >= 11 is 1.31. The minimum atomic E-state index is -0.465. The topological polar surface area (TPSA) is 26.3 Å². The first kappa shape index (κ1) is 10.2. The zero-order valence-corrected chi connectivity index (χ0v) is 8.20. The van der Waals surface area contributed by atoms with Gasteiger partial charge < -0.3 is 4.74 Å². The zero-order chi connectivity index (χ0) is 9.68. The van der Waals surface area contributed by atoms with E-state index < -0.39 is 6.67 Å². The van der Waals surface area contributed by atoms with Crippen LogP contribution in [0.25, 0.3) is 0 Å². The van der Waals surface area contributed by atoms with Gasteiger partial charge in [-0.1, -0.05) is 0 Å². The molecule has 0 bridgehead atoms. The number of thiophene rings is 1. The van der Waals surface area contributed by atoms with Crippen molar-refractivity contribution < 1.29 is 13.9 Å². The van der Waals surface area contributed by atoms with Gasteiger partial charge in [-0.25, -0.2) is 4.39 Å². The monoisotopic (exact) mass is 202 g/mol. The van der Waals surface area contributed by atoms with Crippen LogP contribution in [-0.4, -0.2) is 12.6 Å². The van der Waals surface area contributed by atoms with Crippen LogP contribution >= 0.6 is 11.3 Å². The number of carbonyl (C=O) groups excluding carboxylic acids is 1. The molecule has 1 aromatic heterocycles. The third kappa shape index (κ3) is 3.14. The van der Waals surface area contributed by atoms with Crippen molar-refractivity contribution in [1.29, 1.82) is 0 Å². The third-order valence-corrected chi connectivity index (χ3v) is 2.52. The molecule has 0 atom stereocenters. The summed E-state index contributed by atoms with van der Waals surface area (Å²) in [4.78, 5) is 12.5. The summed E-state index contributed by atoms with van der Waals surface area (Å²) < 4.78 is 16.9. The van der Waals surface area contributed by atoms with E-state index in [0.29, 0.717) is 11.5 Å². The van der Waals surface area contributed by atoms with Gasteiger partial charge in [-0.15, -0.1) is 11.3 Å². The largest absolute Gasteiger partial charge is 0.466 e. The molecule has 0 unspecified atom stereocenters. The number of carbonyl (C=O) groups is 1. The van der Waals surface area contributed by atoms with E-state index in [2.05, 4.69) is 0 Å². The predicted molar refractivity (Wildman–Crippen MR) is 49.5 cm³/mol. The summed E-state index contributed by atoms with van der Waals surface area (Å²) in [6.45, 7) is 1.69. The Hall–Kier alpha value is -0.900. The Morgan fingerprint density at radius 2 is 2.23 bits per heavy atom. The second kappa shape index (κ2) is 4.97. The summed E-state index contributed by atoms with van der Waals surface area (Å²) in [5.41, 5.74) is 0. The molecule has 0 amide bonds. The van der Waals surface area contributed by atoms with Crippen LogP contribution in [0.15, 0.2) is 12.1 Å². The summed E-state index contributed by atoms with van der Waals surface area (Å²) in [6.07, 6.45) is 0.249. The Bertz CT molecular complexity index is 283. The molecule has 4 heteroatoms. The maximum atomic E-state index is 12.1. The van der Waals surface area contributed by atoms with Gasteiger partial charge in [-0.3, -0.25) is 4.79 Å². The van der Waals surface area contributed by atoms with Gasteiger partial charge in [-0.05, 0) is 19.1 Å². The fraction of sp³-hybridized carbons (Fsp3) is 0.444. The van der Waals surface area contributed by atoms with Gasteiger partial charge in [0.1, 0.15) is 6.67 Å². The molecular weight excluding hydrogens is 191 g/mol. The molecule has 0 saturated heterocycles. The first-order valence-electron chi connectivity index (χ1n) is 4.05.